The molecule has 2 aromatic carbocycles. The number of benzene rings is 2. The van der Waals surface area contributed by atoms with Crippen LogP contribution >= 0.6 is 0 Å². The summed E-state index contributed by atoms with van der Waals surface area (Å²) in [5.41, 5.74) is 3.64. The lowest BCUT2D eigenvalue weighted by atomic mass is 9.86. The predicted molar refractivity (Wildman–Crippen MR) is 148 cm³/mol. The first-order valence-corrected chi connectivity index (χ1v) is 13.6. The second kappa shape index (κ2) is 12.5. The third-order valence-electron chi connectivity index (χ3n) is 7.98. The van der Waals surface area contributed by atoms with Crippen molar-refractivity contribution in [2.24, 2.45) is 5.92 Å². The maximum atomic E-state index is 13.3. The third kappa shape index (κ3) is 6.89. The quantitative estimate of drug-likeness (QED) is 0.517. The average Bonchev–Trinajstić information content (AvgIpc) is 2.93. The summed E-state index contributed by atoms with van der Waals surface area (Å²) in [5.74, 6) is 0.308. The maximum absolute atomic E-state index is 13.3. The number of aryl methyl sites for hydroxylation is 1. The molecule has 9 nitrogen and oxygen atoms in total. The molecule has 9 heteroatoms. The van der Waals surface area contributed by atoms with Crippen LogP contribution in [0.5, 0.6) is 5.75 Å². The van der Waals surface area contributed by atoms with E-state index in [0.717, 1.165) is 43.5 Å². The number of hydrogen-bond acceptors (Lipinski definition) is 6. The number of nitrogens with zero attached hydrogens (tertiary/aromatic N) is 3. The highest BCUT2D eigenvalue weighted by Crippen LogP contribution is 2.31. The van der Waals surface area contributed by atoms with Crippen LogP contribution in [-0.2, 0) is 16.1 Å². The van der Waals surface area contributed by atoms with Gasteiger partial charge in [0.25, 0.3) is 0 Å². The average molecular weight is 538 g/mol. The highest BCUT2D eigenvalue weighted by atomic mass is 16.5. The summed E-state index contributed by atoms with van der Waals surface area (Å²) < 4.78 is 10.9. The first kappa shape index (κ1) is 28.4. The van der Waals surface area contributed by atoms with E-state index in [9.17, 15) is 19.5 Å². The number of amides is 2. The van der Waals surface area contributed by atoms with Gasteiger partial charge in [-0.1, -0.05) is 12.1 Å². The van der Waals surface area contributed by atoms with Crippen molar-refractivity contribution in [1.82, 2.24) is 9.80 Å². The van der Waals surface area contributed by atoms with Gasteiger partial charge in [-0.15, -0.1) is 0 Å². The minimum absolute atomic E-state index is 0.00821. The lowest BCUT2D eigenvalue weighted by Crippen LogP contribution is -2.53. The molecule has 210 valence electrons. The predicted octanol–water partition coefficient (Wildman–Crippen LogP) is 4.57. The normalized spacial score (nSPS) is 21.7. The van der Waals surface area contributed by atoms with Crippen molar-refractivity contribution in [1.29, 1.82) is 0 Å². The van der Waals surface area contributed by atoms with Crippen LogP contribution in [0.25, 0.3) is 0 Å². The van der Waals surface area contributed by atoms with Crippen LogP contribution in [0.3, 0.4) is 0 Å². The van der Waals surface area contributed by atoms with Gasteiger partial charge in [-0.2, -0.15) is 0 Å². The Kier molecular flexibility index (Phi) is 9.12. The summed E-state index contributed by atoms with van der Waals surface area (Å²) in [6, 6.07) is 13.1. The molecule has 1 heterocycles. The zero-order chi connectivity index (χ0) is 28.1. The molecular weight excluding hydrogens is 498 g/mol. The molecule has 2 amide bonds. The molecule has 0 spiro atoms. The summed E-state index contributed by atoms with van der Waals surface area (Å²) in [4.78, 5) is 42.0. The van der Waals surface area contributed by atoms with E-state index < -0.39 is 12.1 Å². The molecule has 1 saturated heterocycles. The van der Waals surface area contributed by atoms with Gasteiger partial charge in [0.2, 0.25) is 5.91 Å². The molecule has 0 bridgehead atoms. The third-order valence-corrected chi connectivity index (χ3v) is 7.98. The van der Waals surface area contributed by atoms with Crippen molar-refractivity contribution < 1.29 is 29.0 Å². The van der Waals surface area contributed by atoms with Gasteiger partial charge in [-0.25, -0.2) is 9.59 Å². The Bertz CT molecular complexity index is 1190. The van der Waals surface area contributed by atoms with Gasteiger partial charge in [0.05, 0.1) is 18.8 Å². The van der Waals surface area contributed by atoms with Crippen molar-refractivity contribution in [2.75, 3.05) is 38.7 Å². The van der Waals surface area contributed by atoms with Crippen LogP contribution in [0.2, 0.25) is 0 Å². The Balaban J connectivity index is 1.29. The van der Waals surface area contributed by atoms with Gasteiger partial charge in [-0.05, 0) is 81.0 Å². The maximum Gasteiger partial charge on any atom is 0.407 e. The molecule has 2 aliphatic rings. The SMILES string of the molecule is COC(=O)c1cccc(O[C@H]2CC[C@H](C(=O)N(C)c3ccc(CN4CCN(C(=O)O)[C@@H](C)C4)c(C)c3)CC2)c1. The second-order valence-corrected chi connectivity index (χ2v) is 10.7. The molecule has 39 heavy (non-hydrogen) atoms. The molecule has 1 aliphatic heterocycles. The summed E-state index contributed by atoms with van der Waals surface area (Å²) in [5, 5.41) is 9.31. The van der Waals surface area contributed by atoms with Crippen molar-refractivity contribution in [3.63, 3.8) is 0 Å². The Morgan fingerprint density at radius 1 is 1.05 bits per heavy atom. The fraction of sp³-hybridized carbons (Fsp3) is 0.500. The second-order valence-electron chi connectivity index (χ2n) is 10.7. The van der Waals surface area contributed by atoms with E-state index >= 15 is 0 Å². The number of carbonyl (C=O) groups excluding carboxylic acids is 2. The molecule has 1 N–H and O–H groups in total. The van der Waals surface area contributed by atoms with Gasteiger partial charge < -0.3 is 24.4 Å². The highest BCUT2D eigenvalue weighted by Gasteiger charge is 2.30. The number of carboxylic acid groups (broad SMARTS) is 1. The Labute approximate surface area is 230 Å². The van der Waals surface area contributed by atoms with Crippen LogP contribution in [0.1, 0.15) is 54.1 Å². The number of piperazine rings is 1. The van der Waals surface area contributed by atoms with Gasteiger partial charge in [0.1, 0.15) is 5.75 Å². The number of hydrogen-bond donors (Lipinski definition) is 1. The molecule has 2 fully saturated rings. The number of anilines is 1. The molecule has 2 aromatic rings. The number of ether oxygens (including phenoxy) is 2. The van der Waals surface area contributed by atoms with E-state index in [1.807, 2.05) is 26.1 Å². The lowest BCUT2D eigenvalue weighted by Gasteiger charge is -2.38. The molecule has 1 atom stereocenters. The number of esters is 1. The van der Waals surface area contributed by atoms with Crippen LogP contribution in [-0.4, -0.2) is 78.8 Å². The zero-order valence-electron chi connectivity index (χ0n) is 23.3. The first-order chi connectivity index (χ1) is 18.7. The lowest BCUT2D eigenvalue weighted by molar-refractivity contribution is -0.123. The van der Waals surface area contributed by atoms with Gasteiger partial charge in [-0.3, -0.25) is 9.69 Å². The van der Waals surface area contributed by atoms with E-state index in [4.69, 9.17) is 9.47 Å². The first-order valence-electron chi connectivity index (χ1n) is 13.6. The standard InChI is InChI=1S/C30H39N3O6/c1-20-16-25(11-8-24(20)19-32-14-15-33(30(36)37)21(2)18-32)31(3)28(34)22-9-12-26(13-10-22)39-27-7-5-6-23(17-27)29(35)38-4/h5-8,11,16-17,21-22,26H,9-10,12-15,18-19H2,1-4H3,(H,36,37)/t21-,22-,26-/m0/s1. The van der Waals surface area contributed by atoms with Crippen LogP contribution < -0.4 is 9.64 Å². The number of carbonyl (C=O) groups is 3. The van der Waals surface area contributed by atoms with Crippen molar-refractivity contribution in [2.45, 2.75) is 58.2 Å². The number of methoxy groups -OCH3 is 1. The van der Waals surface area contributed by atoms with Gasteiger partial charge >= 0.3 is 12.1 Å². The Hall–Kier alpha value is -3.59. The van der Waals surface area contributed by atoms with Crippen LogP contribution in [0.4, 0.5) is 10.5 Å². The molecule has 0 radical (unpaired) electrons. The molecule has 0 unspecified atom stereocenters. The molecule has 4 rings (SSSR count). The Morgan fingerprint density at radius 3 is 2.44 bits per heavy atom. The van der Waals surface area contributed by atoms with Crippen LogP contribution in [0.15, 0.2) is 42.5 Å². The minimum atomic E-state index is -0.859. The molecule has 1 aliphatic carbocycles. The van der Waals surface area contributed by atoms with Crippen LogP contribution in [0, 0.1) is 12.8 Å². The summed E-state index contributed by atoms with van der Waals surface area (Å²) >= 11 is 0. The Morgan fingerprint density at radius 2 is 1.79 bits per heavy atom. The zero-order valence-corrected chi connectivity index (χ0v) is 23.3. The molecule has 0 aromatic heterocycles. The van der Waals surface area contributed by atoms with Gasteiger partial charge in [0, 0.05) is 50.9 Å². The van der Waals surface area contributed by atoms with E-state index in [-0.39, 0.29) is 24.0 Å². The van der Waals surface area contributed by atoms with E-state index in [1.54, 1.807) is 23.1 Å². The smallest absolute Gasteiger partial charge is 0.407 e. The number of rotatable bonds is 7. The van der Waals surface area contributed by atoms with E-state index in [0.29, 0.717) is 30.9 Å². The summed E-state index contributed by atoms with van der Waals surface area (Å²) in [6.45, 7) is 6.69. The molecule has 1 saturated carbocycles. The highest BCUT2D eigenvalue weighted by molar-refractivity contribution is 5.94. The largest absolute Gasteiger partial charge is 0.490 e. The van der Waals surface area contributed by atoms with Crippen molar-refractivity contribution >= 4 is 23.7 Å². The topological polar surface area (TPSA) is 99.6 Å². The van der Waals surface area contributed by atoms with Gasteiger partial charge in [0.15, 0.2) is 0 Å². The van der Waals surface area contributed by atoms with Crippen molar-refractivity contribution in [3.05, 3.63) is 59.2 Å². The molecular formula is C30H39N3O6. The van der Waals surface area contributed by atoms with E-state index in [2.05, 4.69) is 24.0 Å². The monoisotopic (exact) mass is 537 g/mol. The summed E-state index contributed by atoms with van der Waals surface area (Å²) in [6.07, 6.45) is 2.20. The minimum Gasteiger partial charge on any atom is -0.490 e. The fourth-order valence-electron chi connectivity index (χ4n) is 5.60. The van der Waals surface area contributed by atoms with E-state index in [1.165, 1.54) is 17.6 Å². The van der Waals surface area contributed by atoms with Crippen molar-refractivity contribution in [3.8, 4) is 5.75 Å². The fourth-order valence-corrected chi connectivity index (χ4v) is 5.60. The summed E-state index contributed by atoms with van der Waals surface area (Å²) in [7, 11) is 3.19.